The van der Waals surface area contributed by atoms with E-state index in [-0.39, 0.29) is 18.6 Å². The lowest BCUT2D eigenvalue weighted by Crippen LogP contribution is -2.15. The van der Waals surface area contributed by atoms with Gasteiger partial charge in [-0.05, 0) is 18.8 Å². The number of hydrogen-bond acceptors (Lipinski definition) is 4. The van der Waals surface area contributed by atoms with Crippen molar-refractivity contribution in [2.45, 2.75) is 12.8 Å². The van der Waals surface area contributed by atoms with Crippen molar-refractivity contribution in [2.24, 2.45) is 5.92 Å². The molecule has 0 radical (unpaired) electrons. The van der Waals surface area contributed by atoms with Crippen molar-refractivity contribution in [3.8, 4) is 11.8 Å². The first-order valence-corrected chi connectivity index (χ1v) is 4.58. The van der Waals surface area contributed by atoms with Crippen LogP contribution in [0.3, 0.4) is 0 Å². The van der Waals surface area contributed by atoms with Gasteiger partial charge in [-0.1, -0.05) is 0 Å². The largest absolute Gasteiger partial charge is 0.492 e. The first-order valence-electron chi connectivity index (χ1n) is 4.58. The normalized spacial score (nSPS) is 15.7. The molecule has 2 N–H and O–H groups in total. The van der Waals surface area contributed by atoms with Crippen molar-refractivity contribution >= 4 is 0 Å². The molecule has 0 aliphatic heterocycles. The summed E-state index contributed by atoms with van der Waals surface area (Å²) in [5, 5.41) is 18.3. The van der Waals surface area contributed by atoms with Crippen LogP contribution in [0.15, 0.2) is 12.1 Å². The van der Waals surface area contributed by atoms with Gasteiger partial charge in [-0.15, -0.1) is 4.73 Å². The molecular weight excluding hydrogens is 186 g/mol. The first kappa shape index (κ1) is 9.21. The second kappa shape index (κ2) is 3.79. The molecule has 1 saturated carbocycles. The van der Waals surface area contributed by atoms with Crippen LogP contribution in [-0.4, -0.2) is 28.3 Å². The summed E-state index contributed by atoms with van der Waals surface area (Å²) < 4.78 is 6.10. The summed E-state index contributed by atoms with van der Waals surface area (Å²) in [5.74, 6) is 0.389. The first-order chi connectivity index (χ1) is 6.77. The third kappa shape index (κ3) is 2.11. The minimum absolute atomic E-state index is 0.0340. The zero-order valence-electron chi connectivity index (χ0n) is 7.72. The molecule has 0 atom stereocenters. The summed E-state index contributed by atoms with van der Waals surface area (Å²) >= 11 is 0. The van der Waals surface area contributed by atoms with Crippen LogP contribution in [0.25, 0.3) is 0 Å². The van der Waals surface area contributed by atoms with Gasteiger partial charge in [0.2, 0.25) is 18.6 Å². The standard InChI is InChI=1S/C9H13NO4/c11-8-3-4-9(12)10(8)14-6-13-5-7-1-2-7/h3-4,7,11-12H,1-2,5-6H2. The van der Waals surface area contributed by atoms with Gasteiger partial charge in [-0.3, -0.25) is 0 Å². The molecule has 1 aromatic rings. The molecule has 0 bridgehead atoms. The Morgan fingerprint density at radius 1 is 1.29 bits per heavy atom. The lowest BCUT2D eigenvalue weighted by Gasteiger charge is -2.08. The maximum absolute atomic E-state index is 9.17. The van der Waals surface area contributed by atoms with Crippen molar-refractivity contribution in [1.82, 2.24) is 4.73 Å². The number of ether oxygens (including phenoxy) is 1. The predicted molar refractivity (Wildman–Crippen MR) is 47.9 cm³/mol. The molecule has 78 valence electrons. The third-order valence-electron chi connectivity index (χ3n) is 2.11. The van der Waals surface area contributed by atoms with Gasteiger partial charge in [0.1, 0.15) is 0 Å². The molecule has 1 heterocycles. The van der Waals surface area contributed by atoms with E-state index in [9.17, 15) is 10.2 Å². The zero-order valence-corrected chi connectivity index (χ0v) is 7.72. The number of hydrogen-bond donors (Lipinski definition) is 2. The fourth-order valence-electron chi connectivity index (χ4n) is 1.12. The van der Waals surface area contributed by atoms with E-state index in [4.69, 9.17) is 9.57 Å². The summed E-state index contributed by atoms with van der Waals surface area (Å²) in [6, 6.07) is 2.69. The minimum Gasteiger partial charge on any atom is -0.492 e. The fraction of sp³-hybridized carbons (Fsp3) is 0.556. The Morgan fingerprint density at radius 2 is 1.93 bits per heavy atom. The monoisotopic (exact) mass is 199 g/mol. The van der Waals surface area contributed by atoms with Crippen LogP contribution in [0.2, 0.25) is 0 Å². The Balaban J connectivity index is 1.73. The van der Waals surface area contributed by atoms with Gasteiger partial charge in [0, 0.05) is 12.1 Å². The van der Waals surface area contributed by atoms with E-state index in [1.54, 1.807) is 0 Å². The quantitative estimate of drug-likeness (QED) is 0.541. The summed E-state index contributed by atoms with van der Waals surface area (Å²) in [6.45, 7) is 0.717. The van der Waals surface area contributed by atoms with Crippen molar-refractivity contribution in [1.29, 1.82) is 0 Å². The number of aromatic hydroxyl groups is 2. The fourth-order valence-corrected chi connectivity index (χ4v) is 1.12. The maximum Gasteiger partial charge on any atom is 0.229 e. The van der Waals surface area contributed by atoms with Gasteiger partial charge in [0.15, 0.2) is 0 Å². The topological polar surface area (TPSA) is 63.9 Å². The molecule has 0 amide bonds. The lowest BCUT2D eigenvalue weighted by atomic mass is 10.5. The van der Waals surface area contributed by atoms with Crippen LogP contribution in [-0.2, 0) is 4.74 Å². The summed E-state index contributed by atoms with van der Waals surface area (Å²) in [4.78, 5) is 4.98. The SMILES string of the molecule is Oc1ccc(O)n1OCOCC1CC1. The lowest BCUT2D eigenvalue weighted by molar-refractivity contribution is -0.0722. The minimum atomic E-state index is -0.141. The molecule has 0 spiro atoms. The Labute approximate surface area is 81.4 Å². The average Bonchev–Trinajstić information content (AvgIpc) is 2.93. The van der Waals surface area contributed by atoms with Crippen molar-refractivity contribution < 1.29 is 19.8 Å². The van der Waals surface area contributed by atoms with Crippen LogP contribution in [0.4, 0.5) is 0 Å². The van der Waals surface area contributed by atoms with Gasteiger partial charge in [-0.25, -0.2) is 0 Å². The van der Waals surface area contributed by atoms with Crippen LogP contribution in [0.1, 0.15) is 12.8 Å². The smallest absolute Gasteiger partial charge is 0.229 e. The highest BCUT2D eigenvalue weighted by Crippen LogP contribution is 2.28. The highest BCUT2D eigenvalue weighted by atomic mass is 16.8. The highest BCUT2D eigenvalue weighted by molar-refractivity contribution is 5.21. The predicted octanol–water partition coefficient (Wildman–Crippen LogP) is 0.712. The molecule has 0 saturated heterocycles. The van der Waals surface area contributed by atoms with Crippen molar-refractivity contribution in [2.75, 3.05) is 13.4 Å². The molecule has 1 aliphatic carbocycles. The van der Waals surface area contributed by atoms with Crippen LogP contribution < -0.4 is 4.84 Å². The number of nitrogens with zero attached hydrogens (tertiary/aromatic N) is 1. The molecule has 1 fully saturated rings. The second-order valence-electron chi connectivity index (χ2n) is 3.41. The van der Waals surface area contributed by atoms with E-state index >= 15 is 0 Å². The number of rotatable bonds is 5. The summed E-state index contributed by atoms with van der Waals surface area (Å²) in [7, 11) is 0. The van der Waals surface area contributed by atoms with Crippen LogP contribution in [0.5, 0.6) is 11.8 Å². The van der Waals surface area contributed by atoms with Crippen molar-refractivity contribution in [3.05, 3.63) is 12.1 Å². The third-order valence-corrected chi connectivity index (χ3v) is 2.11. The number of aromatic nitrogens is 1. The molecule has 1 aliphatic rings. The Hall–Kier alpha value is -1.36. The van der Waals surface area contributed by atoms with Gasteiger partial charge in [-0.2, -0.15) is 0 Å². The Morgan fingerprint density at radius 3 is 2.50 bits per heavy atom. The van der Waals surface area contributed by atoms with Crippen molar-refractivity contribution in [3.63, 3.8) is 0 Å². The molecule has 0 unspecified atom stereocenters. The molecule has 2 rings (SSSR count). The van der Waals surface area contributed by atoms with Gasteiger partial charge in [0.25, 0.3) is 0 Å². The summed E-state index contributed by atoms with van der Waals surface area (Å²) in [5.41, 5.74) is 0. The van der Waals surface area contributed by atoms with E-state index < -0.39 is 0 Å². The Kier molecular flexibility index (Phi) is 2.49. The Bertz CT molecular complexity index is 286. The maximum atomic E-state index is 9.17. The van der Waals surface area contributed by atoms with E-state index in [0.717, 1.165) is 4.73 Å². The van der Waals surface area contributed by atoms with Gasteiger partial charge < -0.3 is 19.8 Å². The zero-order chi connectivity index (χ0) is 9.97. The van der Waals surface area contributed by atoms with Gasteiger partial charge >= 0.3 is 0 Å². The molecule has 5 heteroatoms. The van der Waals surface area contributed by atoms with E-state index in [2.05, 4.69) is 0 Å². The van der Waals surface area contributed by atoms with E-state index in [0.29, 0.717) is 12.5 Å². The molecule has 5 nitrogen and oxygen atoms in total. The van der Waals surface area contributed by atoms with Crippen LogP contribution in [0, 0.1) is 5.92 Å². The molecule has 1 aromatic heterocycles. The molecule has 0 aromatic carbocycles. The summed E-state index contributed by atoms with van der Waals surface area (Å²) in [6.07, 6.45) is 2.44. The van der Waals surface area contributed by atoms with E-state index in [1.165, 1.54) is 25.0 Å². The van der Waals surface area contributed by atoms with Crippen LogP contribution >= 0.6 is 0 Å². The second-order valence-corrected chi connectivity index (χ2v) is 3.41. The van der Waals surface area contributed by atoms with E-state index in [1.807, 2.05) is 0 Å². The average molecular weight is 199 g/mol. The highest BCUT2D eigenvalue weighted by Gasteiger charge is 2.21. The molecule has 14 heavy (non-hydrogen) atoms. The van der Waals surface area contributed by atoms with Gasteiger partial charge in [0.05, 0.1) is 6.61 Å². The molecular formula is C9H13NO4.